The summed E-state index contributed by atoms with van der Waals surface area (Å²) in [5.41, 5.74) is 6.68. The van der Waals surface area contributed by atoms with Crippen LogP contribution in [-0.2, 0) is 9.59 Å². The third-order valence-electron chi connectivity index (χ3n) is 2.97. The summed E-state index contributed by atoms with van der Waals surface area (Å²) >= 11 is 0. The Morgan fingerprint density at radius 1 is 1.18 bits per heavy atom. The number of nitrogen functional groups attached to an aromatic ring is 1. The second-order valence-corrected chi connectivity index (χ2v) is 4.69. The van der Waals surface area contributed by atoms with Crippen molar-refractivity contribution in [2.45, 2.75) is 26.2 Å². The molecule has 0 saturated carbocycles. The predicted molar refractivity (Wildman–Crippen MR) is 85.4 cm³/mol. The molecule has 1 aromatic carbocycles. The number of benzene rings is 1. The number of hydrogen-bond acceptors (Lipinski definition) is 5. The van der Waals surface area contributed by atoms with E-state index in [9.17, 15) is 9.59 Å². The second kappa shape index (κ2) is 8.33. The number of nitrogens with one attached hydrogen (secondary N) is 2. The number of anilines is 2. The molecule has 0 aliphatic carbocycles. The Kier molecular flexibility index (Phi) is 6.78. The van der Waals surface area contributed by atoms with Gasteiger partial charge in [-0.1, -0.05) is 6.92 Å². The number of halogens is 1. The number of carbonyl (C=O) groups excluding carboxylic acids is 2. The first-order chi connectivity index (χ1) is 10.1. The van der Waals surface area contributed by atoms with Crippen molar-refractivity contribution >= 4 is 35.6 Å². The van der Waals surface area contributed by atoms with Crippen LogP contribution in [-0.4, -0.2) is 25.2 Å². The lowest BCUT2D eigenvalue weighted by molar-refractivity contribution is -0.124. The fourth-order valence-corrected chi connectivity index (χ4v) is 1.86. The smallest absolute Gasteiger partial charge is 0.231 e. The highest BCUT2D eigenvalue weighted by Gasteiger charge is 2.17. The second-order valence-electron chi connectivity index (χ2n) is 4.69. The zero-order valence-electron chi connectivity index (χ0n) is 12.3. The molecule has 4 N–H and O–H groups in total. The minimum Gasteiger partial charge on any atom is -0.454 e. The molecule has 0 fully saturated rings. The van der Waals surface area contributed by atoms with Crippen LogP contribution in [0.4, 0.5) is 11.4 Å². The van der Waals surface area contributed by atoms with E-state index < -0.39 is 0 Å². The number of carbonyl (C=O) groups is 2. The van der Waals surface area contributed by atoms with Crippen LogP contribution in [0, 0.1) is 0 Å². The van der Waals surface area contributed by atoms with Crippen molar-refractivity contribution in [3.05, 3.63) is 12.1 Å². The van der Waals surface area contributed by atoms with Gasteiger partial charge in [0.05, 0.1) is 11.4 Å². The third-order valence-corrected chi connectivity index (χ3v) is 2.97. The van der Waals surface area contributed by atoms with Crippen LogP contribution in [0.15, 0.2) is 12.1 Å². The first-order valence-corrected chi connectivity index (χ1v) is 6.85. The van der Waals surface area contributed by atoms with Gasteiger partial charge < -0.3 is 25.8 Å². The predicted octanol–water partition coefficient (Wildman–Crippen LogP) is 1.66. The number of hydrogen-bond donors (Lipinski definition) is 3. The zero-order valence-corrected chi connectivity index (χ0v) is 13.1. The first-order valence-electron chi connectivity index (χ1n) is 6.85. The lowest BCUT2D eigenvalue weighted by atomic mass is 10.2. The Bertz CT molecular complexity index is 551. The van der Waals surface area contributed by atoms with Gasteiger partial charge in [-0.2, -0.15) is 0 Å². The highest BCUT2D eigenvalue weighted by Crippen LogP contribution is 2.38. The van der Waals surface area contributed by atoms with Gasteiger partial charge in [-0.25, -0.2) is 0 Å². The van der Waals surface area contributed by atoms with Crippen molar-refractivity contribution in [2.75, 3.05) is 24.4 Å². The molecule has 0 atom stereocenters. The lowest BCUT2D eigenvalue weighted by Crippen LogP contribution is -2.25. The quantitative estimate of drug-likeness (QED) is 0.689. The van der Waals surface area contributed by atoms with Gasteiger partial charge in [0.25, 0.3) is 0 Å². The van der Waals surface area contributed by atoms with Crippen molar-refractivity contribution < 1.29 is 19.1 Å². The minimum atomic E-state index is -0.271. The van der Waals surface area contributed by atoms with Gasteiger partial charge in [0.15, 0.2) is 11.5 Å². The van der Waals surface area contributed by atoms with Crippen LogP contribution in [0.2, 0.25) is 0 Å². The van der Waals surface area contributed by atoms with E-state index in [4.69, 9.17) is 15.2 Å². The normalized spacial score (nSPS) is 11.5. The molecule has 0 radical (unpaired) electrons. The maximum absolute atomic E-state index is 11.8. The van der Waals surface area contributed by atoms with Gasteiger partial charge in [-0.05, 0) is 6.42 Å². The van der Waals surface area contributed by atoms with Crippen molar-refractivity contribution in [2.24, 2.45) is 0 Å². The summed E-state index contributed by atoms with van der Waals surface area (Å²) in [6, 6.07) is 3.22. The van der Waals surface area contributed by atoms with E-state index in [1.165, 1.54) is 0 Å². The summed E-state index contributed by atoms with van der Waals surface area (Å²) in [6.45, 7) is 2.73. The van der Waals surface area contributed by atoms with Crippen molar-refractivity contribution in [3.8, 4) is 11.5 Å². The molecule has 2 amide bonds. The molecule has 0 spiro atoms. The number of ether oxygens (including phenoxy) is 2. The van der Waals surface area contributed by atoms with Crippen LogP contribution >= 0.6 is 12.4 Å². The zero-order chi connectivity index (χ0) is 15.2. The fraction of sp³-hybridized carbons (Fsp3) is 0.429. The van der Waals surface area contributed by atoms with Crippen molar-refractivity contribution in [1.29, 1.82) is 0 Å². The van der Waals surface area contributed by atoms with Gasteiger partial charge in [-0.3, -0.25) is 9.59 Å². The molecule has 1 aliphatic rings. The van der Waals surface area contributed by atoms with Gasteiger partial charge >= 0.3 is 0 Å². The number of rotatable bonds is 6. The molecule has 0 saturated heterocycles. The first kappa shape index (κ1) is 17.9. The van der Waals surface area contributed by atoms with Crippen molar-refractivity contribution in [3.63, 3.8) is 0 Å². The van der Waals surface area contributed by atoms with Crippen LogP contribution in [0.1, 0.15) is 26.2 Å². The van der Waals surface area contributed by atoms with Gasteiger partial charge in [-0.15, -0.1) is 12.4 Å². The number of amides is 2. The minimum absolute atomic E-state index is 0. The summed E-state index contributed by atoms with van der Waals surface area (Å²) in [6.07, 6.45) is 1.12. The standard InChI is InChI=1S/C14H19N3O4.ClH/c1-2-5-16-13(18)3-4-14(19)17-10-7-12-11(6-9(10)15)20-8-21-12;/h6-7H,2-5,8,15H2,1H3,(H,16,18)(H,17,19);1H. The molecule has 8 heteroatoms. The van der Waals surface area contributed by atoms with E-state index in [-0.39, 0.29) is 43.9 Å². The SMILES string of the molecule is CCCNC(=O)CCC(=O)Nc1cc2c(cc1N)OCO2.Cl. The van der Waals surface area contributed by atoms with E-state index in [1.54, 1.807) is 12.1 Å². The Balaban J connectivity index is 0.00000242. The highest BCUT2D eigenvalue weighted by atomic mass is 35.5. The maximum atomic E-state index is 11.8. The topological polar surface area (TPSA) is 103 Å². The molecule has 122 valence electrons. The van der Waals surface area contributed by atoms with Gasteiger partial charge in [0.1, 0.15) is 0 Å². The van der Waals surface area contributed by atoms with E-state index in [0.717, 1.165) is 6.42 Å². The monoisotopic (exact) mass is 329 g/mol. The number of nitrogens with two attached hydrogens (primary N) is 1. The van der Waals surface area contributed by atoms with Crippen LogP contribution in [0.25, 0.3) is 0 Å². The summed E-state index contributed by atoms with van der Waals surface area (Å²) < 4.78 is 10.4. The molecule has 1 aliphatic heterocycles. The Morgan fingerprint density at radius 3 is 2.50 bits per heavy atom. The average Bonchev–Trinajstić information content (AvgIpc) is 2.90. The lowest BCUT2D eigenvalue weighted by Gasteiger charge is -2.09. The fourth-order valence-electron chi connectivity index (χ4n) is 1.86. The summed E-state index contributed by atoms with van der Waals surface area (Å²) in [5, 5.41) is 5.39. The van der Waals surface area contributed by atoms with Gasteiger partial charge in [0.2, 0.25) is 18.6 Å². The molecule has 7 nitrogen and oxygen atoms in total. The maximum Gasteiger partial charge on any atom is 0.231 e. The van der Waals surface area contributed by atoms with Crippen LogP contribution in [0.3, 0.4) is 0 Å². The molecular weight excluding hydrogens is 310 g/mol. The summed E-state index contributed by atoms with van der Waals surface area (Å²) in [4.78, 5) is 23.3. The molecule has 1 aromatic rings. The molecule has 22 heavy (non-hydrogen) atoms. The van der Waals surface area contributed by atoms with E-state index in [0.29, 0.717) is 29.4 Å². The Hall–Kier alpha value is -2.15. The molecule has 0 aromatic heterocycles. The van der Waals surface area contributed by atoms with Crippen LogP contribution < -0.4 is 25.8 Å². The summed E-state index contributed by atoms with van der Waals surface area (Å²) in [7, 11) is 0. The Morgan fingerprint density at radius 2 is 1.82 bits per heavy atom. The summed E-state index contributed by atoms with van der Waals surface area (Å²) in [5.74, 6) is 0.697. The molecule has 0 bridgehead atoms. The molecular formula is C14H20ClN3O4. The largest absolute Gasteiger partial charge is 0.454 e. The van der Waals surface area contributed by atoms with Crippen LogP contribution in [0.5, 0.6) is 11.5 Å². The molecule has 1 heterocycles. The van der Waals surface area contributed by atoms with Crippen molar-refractivity contribution in [1.82, 2.24) is 5.32 Å². The Labute approximate surface area is 134 Å². The average molecular weight is 330 g/mol. The third kappa shape index (κ3) is 4.70. The molecule has 2 rings (SSSR count). The van der Waals surface area contributed by atoms with Gasteiger partial charge in [0, 0.05) is 31.5 Å². The number of fused-ring (bicyclic) bond motifs is 1. The van der Waals surface area contributed by atoms with E-state index >= 15 is 0 Å². The van der Waals surface area contributed by atoms with E-state index in [1.807, 2.05) is 6.92 Å². The highest BCUT2D eigenvalue weighted by molar-refractivity contribution is 5.96. The molecule has 0 unspecified atom stereocenters. The van der Waals surface area contributed by atoms with E-state index in [2.05, 4.69) is 10.6 Å².